The third-order valence-corrected chi connectivity index (χ3v) is 2.41. The molecule has 1 aromatic heterocycles. The first-order valence-corrected chi connectivity index (χ1v) is 4.92. The minimum Gasteiger partial charge on any atom is -0.408 e. The molecule has 0 spiro atoms. The molecular weight excluding hydrogens is 192 g/mol. The summed E-state index contributed by atoms with van der Waals surface area (Å²) >= 11 is 0. The Bertz CT molecular complexity index is 537. The molecule has 2 rings (SSSR count). The van der Waals surface area contributed by atoms with Crippen LogP contribution in [-0.4, -0.2) is 10.6 Å². The van der Waals surface area contributed by atoms with E-state index in [2.05, 4.69) is 0 Å². The summed E-state index contributed by atoms with van der Waals surface area (Å²) in [6.07, 6.45) is 0.801. The van der Waals surface area contributed by atoms with Gasteiger partial charge in [-0.1, -0.05) is 6.07 Å². The van der Waals surface area contributed by atoms with E-state index in [0.29, 0.717) is 5.58 Å². The van der Waals surface area contributed by atoms with Gasteiger partial charge in [-0.05, 0) is 31.0 Å². The van der Waals surface area contributed by atoms with Crippen LogP contribution < -0.4 is 11.5 Å². The lowest BCUT2D eigenvalue weighted by molar-refractivity contribution is 0.528. The maximum atomic E-state index is 11.2. The van der Waals surface area contributed by atoms with E-state index in [9.17, 15) is 4.79 Å². The maximum absolute atomic E-state index is 11.2. The molecule has 2 aromatic rings. The van der Waals surface area contributed by atoms with Crippen LogP contribution in [0.1, 0.15) is 12.5 Å². The van der Waals surface area contributed by atoms with Crippen molar-refractivity contribution in [3.8, 4) is 0 Å². The van der Waals surface area contributed by atoms with Gasteiger partial charge in [-0.15, -0.1) is 0 Å². The van der Waals surface area contributed by atoms with Gasteiger partial charge in [0.15, 0.2) is 5.58 Å². The lowest BCUT2D eigenvalue weighted by atomic mass is 10.1. The van der Waals surface area contributed by atoms with Crippen LogP contribution in [0.25, 0.3) is 11.1 Å². The third kappa shape index (κ3) is 1.80. The van der Waals surface area contributed by atoms with E-state index in [1.54, 1.807) is 7.05 Å². The fraction of sp³-hybridized carbons (Fsp3) is 0.364. The molecule has 1 heterocycles. The zero-order chi connectivity index (χ0) is 11.0. The van der Waals surface area contributed by atoms with Crippen molar-refractivity contribution in [2.24, 2.45) is 12.8 Å². The van der Waals surface area contributed by atoms with Gasteiger partial charge < -0.3 is 10.2 Å². The number of benzene rings is 1. The highest BCUT2D eigenvalue weighted by Crippen LogP contribution is 2.14. The van der Waals surface area contributed by atoms with Crippen molar-refractivity contribution in [1.29, 1.82) is 0 Å². The van der Waals surface area contributed by atoms with Gasteiger partial charge in [0.05, 0.1) is 5.52 Å². The maximum Gasteiger partial charge on any atom is 0.419 e. The first kappa shape index (κ1) is 9.98. The summed E-state index contributed by atoms with van der Waals surface area (Å²) in [5, 5.41) is 0. The van der Waals surface area contributed by atoms with Crippen molar-refractivity contribution in [2.75, 3.05) is 0 Å². The predicted octanol–water partition coefficient (Wildman–Crippen LogP) is 1.02. The van der Waals surface area contributed by atoms with Crippen molar-refractivity contribution in [3.05, 3.63) is 34.3 Å². The number of oxazole rings is 1. The van der Waals surface area contributed by atoms with E-state index in [1.807, 2.05) is 25.1 Å². The second-order valence-corrected chi connectivity index (χ2v) is 3.91. The predicted molar refractivity (Wildman–Crippen MR) is 58.8 cm³/mol. The molecule has 0 radical (unpaired) electrons. The molecule has 0 fully saturated rings. The second kappa shape index (κ2) is 3.55. The lowest BCUT2D eigenvalue weighted by Crippen LogP contribution is -2.17. The summed E-state index contributed by atoms with van der Waals surface area (Å²) < 4.78 is 6.53. The average molecular weight is 206 g/mol. The molecule has 1 unspecified atom stereocenters. The van der Waals surface area contributed by atoms with Gasteiger partial charge in [-0.3, -0.25) is 4.57 Å². The quantitative estimate of drug-likeness (QED) is 0.798. The number of nitrogens with two attached hydrogens (primary N) is 1. The molecule has 1 aromatic carbocycles. The topological polar surface area (TPSA) is 61.2 Å². The van der Waals surface area contributed by atoms with Crippen LogP contribution in [0.5, 0.6) is 0 Å². The molecule has 0 amide bonds. The number of nitrogens with zero attached hydrogens (tertiary/aromatic N) is 1. The Labute approximate surface area is 87.3 Å². The summed E-state index contributed by atoms with van der Waals surface area (Å²) in [5.74, 6) is -0.331. The number of aryl methyl sites for hydroxylation is 1. The molecule has 4 heteroatoms. The number of hydrogen-bond acceptors (Lipinski definition) is 3. The molecule has 4 nitrogen and oxygen atoms in total. The molecule has 0 aliphatic heterocycles. The first-order chi connectivity index (χ1) is 7.08. The molecular formula is C11H14N2O2. The average Bonchev–Trinajstić information content (AvgIpc) is 2.43. The molecule has 0 aliphatic rings. The highest BCUT2D eigenvalue weighted by atomic mass is 16.4. The highest BCUT2D eigenvalue weighted by molar-refractivity contribution is 5.73. The number of aromatic nitrogens is 1. The Morgan fingerprint density at radius 2 is 2.27 bits per heavy atom. The summed E-state index contributed by atoms with van der Waals surface area (Å²) in [6, 6.07) is 5.82. The minimum absolute atomic E-state index is 0.117. The van der Waals surface area contributed by atoms with Crippen molar-refractivity contribution in [3.63, 3.8) is 0 Å². The molecule has 2 N–H and O–H groups in total. The van der Waals surface area contributed by atoms with Crippen LogP contribution in [0.4, 0.5) is 0 Å². The first-order valence-electron chi connectivity index (χ1n) is 4.92. The Morgan fingerprint density at radius 3 is 2.93 bits per heavy atom. The van der Waals surface area contributed by atoms with Crippen molar-refractivity contribution < 1.29 is 4.42 Å². The van der Waals surface area contributed by atoms with Crippen molar-refractivity contribution in [2.45, 2.75) is 19.4 Å². The number of rotatable bonds is 2. The van der Waals surface area contributed by atoms with Crippen LogP contribution in [0.15, 0.2) is 27.4 Å². The van der Waals surface area contributed by atoms with Gasteiger partial charge in [0, 0.05) is 13.1 Å². The van der Waals surface area contributed by atoms with E-state index in [1.165, 1.54) is 4.57 Å². The van der Waals surface area contributed by atoms with Crippen LogP contribution in [0, 0.1) is 0 Å². The number of hydrogen-bond donors (Lipinski definition) is 1. The zero-order valence-electron chi connectivity index (χ0n) is 8.86. The molecule has 0 aliphatic carbocycles. The highest BCUT2D eigenvalue weighted by Gasteiger charge is 2.06. The van der Waals surface area contributed by atoms with E-state index in [4.69, 9.17) is 10.2 Å². The molecule has 0 saturated heterocycles. The normalized spacial score (nSPS) is 13.3. The van der Waals surface area contributed by atoms with Crippen LogP contribution >= 0.6 is 0 Å². The van der Waals surface area contributed by atoms with Gasteiger partial charge >= 0.3 is 5.76 Å². The Kier molecular flexibility index (Phi) is 2.36. The molecule has 1 atom stereocenters. The molecule has 0 saturated carbocycles. The Hall–Kier alpha value is -1.55. The minimum atomic E-state index is -0.331. The van der Waals surface area contributed by atoms with E-state index >= 15 is 0 Å². The zero-order valence-corrected chi connectivity index (χ0v) is 8.86. The van der Waals surface area contributed by atoms with E-state index in [0.717, 1.165) is 17.5 Å². The van der Waals surface area contributed by atoms with Gasteiger partial charge in [-0.25, -0.2) is 4.79 Å². The van der Waals surface area contributed by atoms with Gasteiger partial charge in [0.1, 0.15) is 0 Å². The summed E-state index contributed by atoms with van der Waals surface area (Å²) in [5.41, 5.74) is 8.28. The third-order valence-electron chi connectivity index (χ3n) is 2.41. The van der Waals surface area contributed by atoms with Gasteiger partial charge in [0.2, 0.25) is 0 Å². The van der Waals surface area contributed by atoms with E-state index < -0.39 is 0 Å². The van der Waals surface area contributed by atoms with Gasteiger partial charge in [0.25, 0.3) is 0 Å². The van der Waals surface area contributed by atoms with Crippen molar-refractivity contribution >= 4 is 11.1 Å². The monoisotopic (exact) mass is 206 g/mol. The lowest BCUT2D eigenvalue weighted by Gasteiger charge is -2.04. The largest absolute Gasteiger partial charge is 0.419 e. The second-order valence-electron chi connectivity index (χ2n) is 3.91. The smallest absolute Gasteiger partial charge is 0.408 e. The van der Waals surface area contributed by atoms with Crippen molar-refractivity contribution in [1.82, 2.24) is 4.57 Å². The fourth-order valence-electron chi connectivity index (χ4n) is 1.67. The van der Waals surface area contributed by atoms with E-state index in [-0.39, 0.29) is 11.8 Å². The molecule has 0 bridgehead atoms. The van der Waals surface area contributed by atoms with Crippen LogP contribution in [-0.2, 0) is 13.5 Å². The Morgan fingerprint density at radius 1 is 1.53 bits per heavy atom. The Balaban J connectivity index is 2.54. The van der Waals surface area contributed by atoms with Crippen LogP contribution in [0.3, 0.4) is 0 Å². The summed E-state index contributed by atoms with van der Waals surface area (Å²) in [7, 11) is 1.70. The summed E-state index contributed by atoms with van der Waals surface area (Å²) in [4.78, 5) is 11.2. The fourth-order valence-corrected chi connectivity index (χ4v) is 1.67. The number of fused-ring (bicyclic) bond motifs is 1. The van der Waals surface area contributed by atoms with Gasteiger partial charge in [-0.2, -0.15) is 0 Å². The standard InChI is InChI=1S/C11H14N2O2/c1-7(12)5-8-3-4-10-9(6-8)13(2)11(14)15-10/h3-4,6-7H,5,12H2,1-2H3. The molecule has 80 valence electrons. The SMILES string of the molecule is CC(N)Cc1ccc2oc(=O)n(C)c2c1. The molecule has 15 heavy (non-hydrogen) atoms. The summed E-state index contributed by atoms with van der Waals surface area (Å²) in [6.45, 7) is 1.96. The van der Waals surface area contributed by atoms with Crippen LogP contribution in [0.2, 0.25) is 0 Å².